The van der Waals surface area contributed by atoms with E-state index in [-0.39, 0.29) is 10.8 Å². The first-order valence-corrected chi connectivity index (χ1v) is 9.28. The Balaban J connectivity index is 1.75. The number of rotatable bonds is 2. The number of nitrogens with one attached hydrogen (secondary N) is 1. The highest BCUT2D eigenvalue weighted by Gasteiger charge is 2.68. The summed E-state index contributed by atoms with van der Waals surface area (Å²) in [5.74, 6) is -0.719. The largest absolute Gasteiger partial charge is 0.324 e. The lowest BCUT2D eigenvalue weighted by atomic mass is 9.78. The Morgan fingerprint density at radius 1 is 1.07 bits per heavy atom. The Morgan fingerprint density at radius 2 is 1.79 bits per heavy atom. The molecule has 0 radical (unpaired) electrons. The Kier molecular flexibility index (Phi) is 3.54. The van der Waals surface area contributed by atoms with Crippen LogP contribution in [0.1, 0.15) is 17.0 Å². The predicted molar refractivity (Wildman–Crippen MR) is 107 cm³/mol. The van der Waals surface area contributed by atoms with E-state index < -0.39 is 17.5 Å². The summed E-state index contributed by atoms with van der Waals surface area (Å²) in [4.78, 5) is 27.1. The van der Waals surface area contributed by atoms with Crippen LogP contribution in [0.15, 0.2) is 66.7 Å². The Morgan fingerprint density at radius 3 is 2.61 bits per heavy atom. The van der Waals surface area contributed by atoms with Gasteiger partial charge in [-0.1, -0.05) is 60.7 Å². The molecule has 1 N–H and O–H groups in total. The molecule has 0 aliphatic carbocycles. The van der Waals surface area contributed by atoms with E-state index in [4.69, 9.17) is 0 Å². The minimum Gasteiger partial charge on any atom is -0.324 e. The Bertz CT molecular complexity index is 1120. The molecule has 3 aromatic carbocycles. The van der Waals surface area contributed by atoms with Crippen LogP contribution in [0.25, 0.3) is 10.8 Å². The van der Waals surface area contributed by atoms with Crippen molar-refractivity contribution in [2.75, 3.05) is 18.9 Å². The number of nitrogens with zero attached hydrogens (tertiary/aromatic N) is 2. The van der Waals surface area contributed by atoms with Gasteiger partial charge in [0.25, 0.3) is 11.9 Å². The van der Waals surface area contributed by atoms with Crippen LogP contribution in [0.2, 0.25) is 0 Å². The van der Waals surface area contributed by atoms with Crippen LogP contribution >= 0.6 is 0 Å². The molecular weight excluding hydrogens is 354 g/mol. The van der Waals surface area contributed by atoms with Crippen molar-refractivity contribution in [3.8, 4) is 0 Å². The second-order valence-corrected chi connectivity index (χ2v) is 7.55. The van der Waals surface area contributed by atoms with Crippen molar-refractivity contribution in [2.45, 2.75) is 17.5 Å². The van der Waals surface area contributed by atoms with Crippen LogP contribution in [0.4, 0.5) is 5.69 Å². The summed E-state index contributed by atoms with van der Waals surface area (Å²) in [5.41, 5.74) is 0.958. The van der Waals surface area contributed by atoms with Gasteiger partial charge in [0.2, 0.25) is 0 Å². The van der Waals surface area contributed by atoms with Gasteiger partial charge in [-0.05, 0) is 29.4 Å². The zero-order valence-corrected chi connectivity index (χ0v) is 15.3. The zero-order chi connectivity index (χ0) is 19.5. The number of likely N-dealkylation sites (tertiary alicyclic amines) is 1. The lowest BCUT2D eigenvalue weighted by molar-refractivity contribution is -0.534. The van der Waals surface area contributed by atoms with Crippen LogP contribution in [0.3, 0.4) is 0 Å². The number of carbonyl (C=O) groups excluding carboxylic acids is 1. The molecule has 140 valence electrons. The van der Waals surface area contributed by atoms with Gasteiger partial charge < -0.3 is 5.32 Å². The van der Waals surface area contributed by atoms with Gasteiger partial charge in [-0.25, -0.2) is 0 Å². The van der Waals surface area contributed by atoms with Crippen molar-refractivity contribution in [1.82, 2.24) is 4.90 Å². The first-order valence-electron chi connectivity index (χ1n) is 9.28. The topological polar surface area (TPSA) is 75.5 Å². The number of benzene rings is 3. The van der Waals surface area contributed by atoms with Crippen LogP contribution in [0.5, 0.6) is 0 Å². The lowest BCUT2D eigenvalue weighted by Crippen LogP contribution is -2.54. The SMILES string of the molecule is CN1C[C@H](c2cccc3ccccc23)[C@@H]([N+](=O)[O-])[C@@]12C(=O)Nc1ccccc12. The molecule has 1 fully saturated rings. The first kappa shape index (κ1) is 16.9. The van der Waals surface area contributed by atoms with Crippen LogP contribution in [-0.4, -0.2) is 35.4 Å². The van der Waals surface area contributed by atoms with E-state index in [1.165, 1.54) is 0 Å². The highest BCUT2D eigenvalue weighted by molar-refractivity contribution is 6.07. The maximum Gasteiger partial charge on any atom is 0.256 e. The molecule has 3 aromatic rings. The maximum absolute atomic E-state index is 13.2. The van der Waals surface area contributed by atoms with E-state index in [1.54, 1.807) is 6.07 Å². The molecule has 2 aliphatic heterocycles. The van der Waals surface area contributed by atoms with Crippen molar-refractivity contribution in [2.24, 2.45) is 0 Å². The molecule has 6 heteroatoms. The van der Waals surface area contributed by atoms with Gasteiger partial charge in [-0.15, -0.1) is 0 Å². The monoisotopic (exact) mass is 373 g/mol. The van der Waals surface area contributed by atoms with Gasteiger partial charge in [0, 0.05) is 22.7 Å². The van der Waals surface area contributed by atoms with Gasteiger partial charge >= 0.3 is 0 Å². The molecule has 0 bridgehead atoms. The molecule has 0 aromatic heterocycles. The fourth-order valence-electron chi connectivity index (χ4n) is 5.13. The van der Waals surface area contributed by atoms with Crippen LogP contribution < -0.4 is 5.32 Å². The summed E-state index contributed by atoms with van der Waals surface area (Å²) in [6, 6.07) is 20.0. The molecule has 1 amide bonds. The molecule has 2 heterocycles. The second kappa shape index (κ2) is 5.87. The third kappa shape index (κ3) is 2.03. The van der Waals surface area contributed by atoms with Gasteiger partial charge in [0.1, 0.15) is 0 Å². The number of amides is 1. The summed E-state index contributed by atoms with van der Waals surface area (Å²) in [6.45, 7) is 0.432. The minimum absolute atomic E-state index is 0.266. The summed E-state index contributed by atoms with van der Waals surface area (Å²) >= 11 is 0. The number of hydrogen-bond donors (Lipinski definition) is 1. The fraction of sp³-hybridized carbons (Fsp3) is 0.227. The average Bonchev–Trinajstić information content (AvgIpc) is 3.17. The standard InChI is InChI=1S/C22H19N3O3/c1-24-13-17(16-10-6-8-14-7-2-3-9-15(14)16)20(25(27)28)22(24)18-11-4-5-12-19(18)23-21(22)26/h2-12,17,20H,13H2,1H3,(H,23,26)/t17-,20-,22+/m1/s1. The van der Waals surface area contributed by atoms with E-state index >= 15 is 0 Å². The molecular formula is C22H19N3O3. The van der Waals surface area contributed by atoms with Gasteiger partial charge in [0.05, 0.1) is 5.92 Å². The van der Waals surface area contributed by atoms with Gasteiger partial charge in [0.15, 0.2) is 5.54 Å². The number of fused-ring (bicyclic) bond motifs is 3. The Labute approximate surface area is 161 Å². The molecule has 5 rings (SSSR count). The Hall–Kier alpha value is -3.25. The van der Waals surface area contributed by atoms with Gasteiger partial charge in [-0.2, -0.15) is 0 Å². The smallest absolute Gasteiger partial charge is 0.256 e. The highest BCUT2D eigenvalue weighted by atomic mass is 16.6. The normalized spacial score (nSPS) is 26.5. The third-order valence-corrected chi connectivity index (χ3v) is 6.26. The molecule has 3 atom stereocenters. The van der Waals surface area contributed by atoms with Crippen molar-refractivity contribution in [3.05, 3.63) is 88.0 Å². The van der Waals surface area contributed by atoms with E-state index in [1.807, 2.05) is 72.6 Å². The molecule has 2 aliphatic rings. The van der Waals surface area contributed by atoms with E-state index in [0.29, 0.717) is 17.8 Å². The molecule has 28 heavy (non-hydrogen) atoms. The summed E-state index contributed by atoms with van der Waals surface area (Å²) < 4.78 is 0. The summed E-state index contributed by atoms with van der Waals surface area (Å²) in [6.07, 6.45) is 0. The molecule has 0 saturated carbocycles. The highest BCUT2D eigenvalue weighted by Crippen LogP contribution is 2.52. The number of para-hydroxylation sites is 1. The van der Waals surface area contributed by atoms with E-state index in [9.17, 15) is 14.9 Å². The first-order chi connectivity index (χ1) is 13.5. The predicted octanol–water partition coefficient (Wildman–Crippen LogP) is 3.36. The summed E-state index contributed by atoms with van der Waals surface area (Å²) in [7, 11) is 1.81. The minimum atomic E-state index is -1.30. The van der Waals surface area contributed by atoms with Crippen molar-refractivity contribution in [1.29, 1.82) is 0 Å². The van der Waals surface area contributed by atoms with Crippen LogP contribution in [0, 0.1) is 10.1 Å². The fourth-order valence-corrected chi connectivity index (χ4v) is 5.13. The molecule has 1 spiro atoms. The van der Waals surface area contributed by atoms with Crippen molar-refractivity contribution in [3.63, 3.8) is 0 Å². The number of carbonyl (C=O) groups is 1. The zero-order valence-electron chi connectivity index (χ0n) is 15.3. The third-order valence-electron chi connectivity index (χ3n) is 6.26. The number of anilines is 1. The maximum atomic E-state index is 13.2. The number of hydrogen-bond acceptors (Lipinski definition) is 4. The number of nitro groups is 1. The molecule has 1 saturated heterocycles. The number of likely N-dealkylation sites (N-methyl/N-ethyl adjacent to an activating group) is 1. The van der Waals surface area contributed by atoms with Crippen molar-refractivity contribution < 1.29 is 9.72 Å². The van der Waals surface area contributed by atoms with E-state index in [2.05, 4.69) is 5.32 Å². The second-order valence-electron chi connectivity index (χ2n) is 7.55. The molecule has 0 unspecified atom stereocenters. The lowest BCUT2D eigenvalue weighted by Gasteiger charge is -2.30. The summed E-state index contributed by atoms with van der Waals surface area (Å²) in [5, 5.41) is 17.3. The quantitative estimate of drug-likeness (QED) is 0.552. The van der Waals surface area contributed by atoms with Crippen molar-refractivity contribution >= 4 is 22.4 Å². The van der Waals surface area contributed by atoms with Crippen LogP contribution in [-0.2, 0) is 10.3 Å². The molecule has 6 nitrogen and oxygen atoms in total. The average molecular weight is 373 g/mol. The van der Waals surface area contributed by atoms with Gasteiger partial charge in [-0.3, -0.25) is 19.8 Å². The van der Waals surface area contributed by atoms with E-state index in [0.717, 1.165) is 16.3 Å².